The molecular formula is C27H28FN3O3S. The van der Waals surface area contributed by atoms with E-state index in [9.17, 15) is 12.8 Å². The van der Waals surface area contributed by atoms with Crippen molar-refractivity contribution >= 4 is 20.9 Å². The van der Waals surface area contributed by atoms with Gasteiger partial charge in [0.2, 0.25) is 10.0 Å². The molecule has 1 N–H and O–H groups in total. The minimum atomic E-state index is -3.44. The maximum Gasteiger partial charge on any atom is 0.214 e. The second-order valence-electron chi connectivity index (χ2n) is 9.06. The van der Waals surface area contributed by atoms with E-state index in [-0.39, 0.29) is 11.1 Å². The fraction of sp³-hybridized carbons (Fsp3) is 0.296. The van der Waals surface area contributed by atoms with Gasteiger partial charge in [-0.1, -0.05) is 43.2 Å². The van der Waals surface area contributed by atoms with Gasteiger partial charge in [0, 0.05) is 5.39 Å². The molecule has 1 fully saturated rings. The Morgan fingerprint density at radius 1 is 1.03 bits per heavy atom. The third kappa shape index (κ3) is 5.09. The summed E-state index contributed by atoms with van der Waals surface area (Å²) >= 11 is 0. The number of halogens is 1. The van der Waals surface area contributed by atoms with Crippen molar-refractivity contribution in [3.05, 3.63) is 90.4 Å². The summed E-state index contributed by atoms with van der Waals surface area (Å²) in [5, 5.41) is 4.97. The van der Waals surface area contributed by atoms with Gasteiger partial charge in [-0.25, -0.2) is 22.2 Å². The third-order valence-electron chi connectivity index (χ3n) is 6.55. The van der Waals surface area contributed by atoms with Crippen molar-refractivity contribution in [1.29, 1.82) is 0 Å². The second kappa shape index (κ2) is 9.79. The fourth-order valence-corrected chi connectivity index (χ4v) is 6.52. The van der Waals surface area contributed by atoms with Crippen LogP contribution in [0.1, 0.15) is 44.3 Å². The smallest absolute Gasteiger partial charge is 0.214 e. The molecule has 1 aromatic heterocycles. The summed E-state index contributed by atoms with van der Waals surface area (Å²) in [6, 6.07) is 20.9. The number of ether oxygens (including phenoxy) is 1. The van der Waals surface area contributed by atoms with Gasteiger partial charge in [0.05, 0.1) is 28.7 Å². The molecule has 8 heteroatoms. The van der Waals surface area contributed by atoms with Crippen molar-refractivity contribution in [1.82, 2.24) is 14.5 Å². The van der Waals surface area contributed by atoms with Crippen molar-refractivity contribution < 1.29 is 17.5 Å². The van der Waals surface area contributed by atoms with E-state index in [0.717, 1.165) is 35.0 Å². The van der Waals surface area contributed by atoms with Crippen LogP contribution in [-0.4, -0.2) is 29.5 Å². The van der Waals surface area contributed by atoms with Crippen LogP contribution in [0.15, 0.2) is 79.0 Å². The van der Waals surface area contributed by atoms with Crippen molar-refractivity contribution in [2.45, 2.75) is 50.0 Å². The second-order valence-corrected chi connectivity index (χ2v) is 11.1. The molecule has 0 saturated heterocycles. The summed E-state index contributed by atoms with van der Waals surface area (Å²) in [6.07, 6.45) is 4.52. The van der Waals surface area contributed by atoms with E-state index in [4.69, 9.17) is 4.74 Å². The number of sulfonamides is 1. The van der Waals surface area contributed by atoms with Crippen molar-refractivity contribution in [2.24, 2.45) is 0 Å². The first-order valence-corrected chi connectivity index (χ1v) is 13.4. The van der Waals surface area contributed by atoms with Gasteiger partial charge >= 0.3 is 0 Å². The Balaban J connectivity index is 1.42. The number of fused-ring (bicyclic) bond motifs is 1. The first-order chi connectivity index (χ1) is 16.9. The van der Waals surface area contributed by atoms with Crippen LogP contribution >= 0.6 is 0 Å². The largest absolute Gasteiger partial charge is 0.484 e. The van der Waals surface area contributed by atoms with Gasteiger partial charge < -0.3 is 4.74 Å². The summed E-state index contributed by atoms with van der Waals surface area (Å²) in [5.74, 6) is 0.308. The van der Waals surface area contributed by atoms with Gasteiger partial charge in [-0.3, -0.25) is 0 Å². The van der Waals surface area contributed by atoms with Gasteiger partial charge in [0.15, 0.2) is 0 Å². The topological polar surface area (TPSA) is 73.2 Å². The highest BCUT2D eigenvalue weighted by molar-refractivity contribution is 7.90. The van der Waals surface area contributed by atoms with E-state index >= 15 is 0 Å². The molecule has 4 aromatic rings. The van der Waals surface area contributed by atoms with Crippen molar-refractivity contribution in [2.75, 3.05) is 0 Å². The number of aromatic nitrogens is 2. The van der Waals surface area contributed by atoms with Crippen LogP contribution in [-0.2, 0) is 10.0 Å². The normalized spacial score (nSPS) is 16.4. The molecule has 5 rings (SSSR count). The van der Waals surface area contributed by atoms with Gasteiger partial charge in [0.25, 0.3) is 0 Å². The molecule has 2 atom stereocenters. The predicted molar refractivity (Wildman–Crippen MR) is 135 cm³/mol. The van der Waals surface area contributed by atoms with Gasteiger partial charge in [-0.2, -0.15) is 5.10 Å². The molecule has 1 heterocycles. The molecule has 1 saturated carbocycles. The molecule has 35 heavy (non-hydrogen) atoms. The number of nitrogens with one attached hydrogen (secondary N) is 1. The number of benzene rings is 3. The third-order valence-corrected chi connectivity index (χ3v) is 8.60. The summed E-state index contributed by atoms with van der Waals surface area (Å²) < 4.78 is 50.3. The molecule has 0 aliphatic heterocycles. The Morgan fingerprint density at radius 2 is 1.74 bits per heavy atom. The Kier molecular flexibility index (Phi) is 6.58. The lowest BCUT2D eigenvalue weighted by Crippen LogP contribution is -2.43. The Morgan fingerprint density at radius 3 is 2.46 bits per heavy atom. The van der Waals surface area contributed by atoms with Crippen LogP contribution in [0.2, 0.25) is 0 Å². The number of hydrogen-bond acceptors (Lipinski definition) is 4. The average Bonchev–Trinajstić information content (AvgIpc) is 3.54. The van der Waals surface area contributed by atoms with E-state index in [1.807, 2.05) is 55.5 Å². The molecular weight excluding hydrogens is 465 g/mol. The fourth-order valence-electron chi connectivity index (χ4n) is 4.74. The van der Waals surface area contributed by atoms with Crippen molar-refractivity contribution in [3.8, 4) is 11.4 Å². The molecule has 0 spiro atoms. The highest BCUT2D eigenvalue weighted by atomic mass is 32.2. The zero-order valence-electron chi connectivity index (χ0n) is 19.5. The minimum Gasteiger partial charge on any atom is -0.484 e. The van der Waals surface area contributed by atoms with Crippen LogP contribution in [0.5, 0.6) is 5.75 Å². The SMILES string of the molecule is C[C@H](NS(=O)(=O)C1CCCC1)[C@@H](Oc1ccc2c(cnn2-c2ccc(F)cc2)c1)c1ccccc1. The first-order valence-electron chi connectivity index (χ1n) is 11.9. The molecule has 3 aromatic carbocycles. The van der Waals surface area contributed by atoms with E-state index in [1.54, 1.807) is 23.0 Å². The molecule has 1 aliphatic rings. The molecule has 182 valence electrons. The molecule has 0 amide bonds. The summed E-state index contributed by atoms with van der Waals surface area (Å²) in [5.41, 5.74) is 2.50. The van der Waals surface area contributed by atoms with Gasteiger partial charge in [-0.15, -0.1) is 0 Å². The Labute approximate surface area is 204 Å². The molecule has 6 nitrogen and oxygen atoms in total. The quantitative estimate of drug-likeness (QED) is 0.350. The first kappa shape index (κ1) is 23.5. The highest BCUT2D eigenvalue weighted by Crippen LogP contribution is 2.30. The minimum absolute atomic E-state index is 0.300. The zero-order valence-corrected chi connectivity index (χ0v) is 20.3. The number of rotatable bonds is 8. The van der Waals surface area contributed by atoms with Gasteiger partial charge in [-0.05, 0) is 67.8 Å². The number of nitrogens with zero attached hydrogens (tertiary/aromatic N) is 2. The molecule has 0 unspecified atom stereocenters. The van der Waals surface area contributed by atoms with Crippen LogP contribution in [0, 0.1) is 5.82 Å². The molecule has 0 bridgehead atoms. The summed E-state index contributed by atoms with van der Waals surface area (Å²) in [4.78, 5) is 0. The zero-order chi connectivity index (χ0) is 24.4. The lowest BCUT2D eigenvalue weighted by Gasteiger charge is -2.27. The predicted octanol–water partition coefficient (Wildman–Crippen LogP) is 5.54. The maximum absolute atomic E-state index is 13.3. The van der Waals surface area contributed by atoms with E-state index in [1.165, 1.54) is 12.1 Å². The standard InChI is InChI=1S/C27H28FN3O3S/c1-19(30-35(32,33)25-9-5-6-10-25)27(20-7-3-2-4-8-20)34-24-15-16-26-21(17-24)18-29-31(26)23-13-11-22(28)12-14-23/h2-4,7-8,11-19,25,27,30H,5-6,9-10H2,1H3/t19-,27+/m0/s1. The van der Waals surface area contributed by atoms with Crippen LogP contribution in [0.4, 0.5) is 4.39 Å². The van der Waals surface area contributed by atoms with Crippen LogP contribution < -0.4 is 9.46 Å². The Hall–Kier alpha value is -3.23. The maximum atomic E-state index is 13.3. The summed E-state index contributed by atoms with van der Waals surface area (Å²) in [6.45, 7) is 1.84. The monoisotopic (exact) mass is 493 g/mol. The van der Waals surface area contributed by atoms with Gasteiger partial charge in [0.1, 0.15) is 17.7 Å². The van der Waals surface area contributed by atoms with Crippen LogP contribution in [0.25, 0.3) is 16.6 Å². The Bertz CT molecular complexity index is 1400. The van der Waals surface area contributed by atoms with Crippen molar-refractivity contribution in [3.63, 3.8) is 0 Å². The molecule has 1 aliphatic carbocycles. The highest BCUT2D eigenvalue weighted by Gasteiger charge is 2.33. The summed E-state index contributed by atoms with van der Waals surface area (Å²) in [7, 11) is -3.44. The van der Waals surface area contributed by atoms with E-state index < -0.39 is 22.2 Å². The van der Waals surface area contributed by atoms with E-state index in [2.05, 4.69) is 9.82 Å². The number of hydrogen-bond donors (Lipinski definition) is 1. The molecule has 0 radical (unpaired) electrons. The lowest BCUT2D eigenvalue weighted by molar-refractivity contribution is 0.173. The van der Waals surface area contributed by atoms with Crippen LogP contribution in [0.3, 0.4) is 0 Å². The van der Waals surface area contributed by atoms with E-state index in [0.29, 0.717) is 18.6 Å². The lowest BCUT2D eigenvalue weighted by atomic mass is 10.0. The average molecular weight is 494 g/mol.